The Kier molecular flexibility index (Phi) is 7.41. The lowest BCUT2D eigenvalue weighted by Crippen LogP contribution is -2.27. The molecule has 27 heavy (non-hydrogen) atoms. The van der Waals surface area contributed by atoms with Crippen molar-refractivity contribution in [1.82, 2.24) is 9.55 Å². The van der Waals surface area contributed by atoms with Crippen LogP contribution in [0.3, 0.4) is 0 Å². The third-order valence-electron chi connectivity index (χ3n) is 4.98. The van der Waals surface area contributed by atoms with Gasteiger partial charge in [0.1, 0.15) is 24.6 Å². The van der Waals surface area contributed by atoms with Gasteiger partial charge in [0.05, 0.1) is 6.10 Å². The number of cyclic esters (lactones) is 1. The summed E-state index contributed by atoms with van der Waals surface area (Å²) in [6.07, 6.45) is 16.7. The third kappa shape index (κ3) is 6.43. The second-order valence-electron chi connectivity index (χ2n) is 7.26. The van der Waals surface area contributed by atoms with Crippen LogP contribution in [0, 0.1) is 0 Å². The standard InChI is InChI=1S/C20H28N2O4S/c1-15-8-6-4-2-3-5-7-9-16(26-20(27)22-13-12-21-14-22)19-17(25-19)10-11-18(23)24-15/h10-17,19H,2-9H2,1H3/b11-10+/t15-,16+,17-,19+/m1/s1. The highest BCUT2D eigenvalue weighted by atomic mass is 32.1. The molecule has 3 rings (SSSR count). The predicted octanol–water partition coefficient (Wildman–Crippen LogP) is 3.79. The summed E-state index contributed by atoms with van der Waals surface area (Å²) in [6, 6.07) is 0. The number of rotatable bonds is 1. The van der Waals surface area contributed by atoms with Crippen LogP contribution in [0.25, 0.3) is 0 Å². The number of fused-ring (bicyclic) bond motifs is 1. The number of hydrogen-bond donors (Lipinski definition) is 0. The molecule has 0 bridgehead atoms. The van der Waals surface area contributed by atoms with Crippen molar-refractivity contribution in [2.24, 2.45) is 0 Å². The van der Waals surface area contributed by atoms with E-state index in [4.69, 9.17) is 26.4 Å². The highest BCUT2D eigenvalue weighted by Crippen LogP contribution is 2.32. The van der Waals surface area contributed by atoms with Crippen LogP contribution < -0.4 is 0 Å². The molecule has 1 saturated heterocycles. The lowest BCUT2D eigenvalue weighted by molar-refractivity contribution is -0.142. The maximum absolute atomic E-state index is 11.9. The number of imidazole rings is 1. The second-order valence-corrected chi connectivity index (χ2v) is 7.61. The molecule has 0 aromatic carbocycles. The van der Waals surface area contributed by atoms with Crippen LogP contribution in [0.1, 0.15) is 58.3 Å². The normalized spacial score (nSPS) is 31.4. The van der Waals surface area contributed by atoms with Gasteiger partial charge in [-0.25, -0.2) is 9.78 Å². The number of epoxide rings is 1. The highest BCUT2D eigenvalue weighted by molar-refractivity contribution is 7.80. The minimum Gasteiger partial charge on any atom is -0.464 e. The van der Waals surface area contributed by atoms with E-state index in [0.717, 1.165) is 25.7 Å². The largest absolute Gasteiger partial charge is 0.464 e. The summed E-state index contributed by atoms with van der Waals surface area (Å²) < 4.78 is 18.9. The van der Waals surface area contributed by atoms with E-state index in [0.29, 0.717) is 5.17 Å². The van der Waals surface area contributed by atoms with Crippen molar-refractivity contribution in [1.29, 1.82) is 0 Å². The number of esters is 1. The van der Waals surface area contributed by atoms with Gasteiger partial charge in [0.25, 0.3) is 5.17 Å². The first-order valence-corrected chi connectivity index (χ1v) is 10.3. The quantitative estimate of drug-likeness (QED) is 0.412. The summed E-state index contributed by atoms with van der Waals surface area (Å²) in [5.74, 6) is -0.310. The Labute approximate surface area is 165 Å². The van der Waals surface area contributed by atoms with E-state index in [1.165, 1.54) is 31.8 Å². The lowest BCUT2D eigenvalue weighted by Gasteiger charge is -2.18. The SMILES string of the molecule is C[C@@H]1CCCCCCCC[C@H](OC(=S)n2ccnc2)[C@@H]2O[C@@H]2/C=C/C(=O)O1. The van der Waals surface area contributed by atoms with E-state index in [1.807, 2.05) is 6.92 Å². The zero-order valence-electron chi connectivity index (χ0n) is 15.8. The van der Waals surface area contributed by atoms with E-state index in [2.05, 4.69) is 4.98 Å². The van der Waals surface area contributed by atoms with E-state index in [9.17, 15) is 4.79 Å². The van der Waals surface area contributed by atoms with E-state index < -0.39 is 0 Å². The average molecular weight is 393 g/mol. The van der Waals surface area contributed by atoms with Gasteiger partial charge in [-0.1, -0.05) is 25.7 Å². The summed E-state index contributed by atoms with van der Waals surface area (Å²) in [5, 5.41) is 0.373. The van der Waals surface area contributed by atoms with Crippen molar-refractivity contribution in [3.63, 3.8) is 0 Å². The molecule has 0 saturated carbocycles. The maximum Gasteiger partial charge on any atom is 0.330 e. The summed E-state index contributed by atoms with van der Waals surface area (Å²) >= 11 is 5.37. The van der Waals surface area contributed by atoms with Gasteiger partial charge in [-0.05, 0) is 50.9 Å². The van der Waals surface area contributed by atoms with Crippen molar-refractivity contribution in [2.45, 2.75) is 82.7 Å². The molecule has 3 heterocycles. The molecular formula is C20H28N2O4S. The van der Waals surface area contributed by atoms with E-state index in [-0.39, 0.29) is 30.4 Å². The van der Waals surface area contributed by atoms with Crippen molar-refractivity contribution in [3.05, 3.63) is 30.9 Å². The fourth-order valence-electron chi connectivity index (χ4n) is 3.39. The molecule has 0 spiro atoms. The molecule has 1 fully saturated rings. The van der Waals surface area contributed by atoms with Gasteiger partial charge in [-0.3, -0.25) is 4.57 Å². The molecule has 2 aliphatic heterocycles. The first-order valence-electron chi connectivity index (χ1n) is 9.86. The van der Waals surface area contributed by atoms with Crippen LogP contribution >= 0.6 is 12.2 Å². The van der Waals surface area contributed by atoms with E-state index >= 15 is 0 Å². The molecule has 2 aliphatic rings. The predicted molar refractivity (Wildman–Crippen MR) is 105 cm³/mol. The van der Waals surface area contributed by atoms with Gasteiger partial charge in [-0.15, -0.1) is 0 Å². The number of hydrogen-bond acceptors (Lipinski definition) is 6. The van der Waals surface area contributed by atoms with E-state index in [1.54, 1.807) is 29.4 Å². The minimum atomic E-state index is -0.310. The van der Waals surface area contributed by atoms with Crippen molar-refractivity contribution < 1.29 is 19.0 Å². The molecule has 148 valence electrons. The Morgan fingerprint density at radius 2 is 1.96 bits per heavy atom. The molecule has 0 unspecified atom stereocenters. The molecule has 7 heteroatoms. The smallest absolute Gasteiger partial charge is 0.330 e. The molecule has 1 aromatic rings. The molecule has 0 radical (unpaired) electrons. The first-order chi connectivity index (χ1) is 13.1. The zero-order chi connectivity index (χ0) is 19.1. The van der Waals surface area contributed by atoms with Gasteiger partial charge in [-0.2, -0.15) is 0 Å². The maximum atomic E-state index is 11.9. The van der Waals surface area contributed by atoms with Crippen LogP contribution in [0.15, 0.2) is 30.9 Å². The molecular weight excluding hydrogens is 364 g/mol. The Bertz CT molecular complexity index is 646. The van der Waals surface area contributed by atoms with Gasteiger partial charge < -0.3 is 14.2 Å². The lowest BCUT2D eigenvalue weighted by atomic mass is 10.0. The topological polar surface area (TPSA) is 65.9 Å². The molecule has 0 N–H and O–H groups in total. The van der Waals surface area contributed by atoms with Crippen molar-refractivity contribution >= 4 is 23.4 Å². The van der Waals surface area contributed by atoms with Crippen LogP contribution in [0.4, 0.5) is 0 Å². The minimum absolute atomic E-state index is 0.0467. The summed E-state index contributed by atoms with van der Waals surface area (Å²) in [6.45, 7) is 1.95. The summed E-state index contributed by atoms with van der Waals surface area (Å²) in [4.78, 5) is 15.9. The summed E-state index contributed by atoms with van der Waals surface area (Å²) in [5.41, 5.74) is 0. The first kappa shape index (κ1) is 20.0. The zero-order valence-corrected chi connectivity index (χ0v) is 16.6. The molecule has 6 nitrogen and oxygen atoms in total. The van der Waals surface area contributed by atoms with Crippen LogP contribution in [-0.4, -0.2) is 45.1 Å². The number of carbonyl (C=O) groups is 1. The number of ether oxygens (including phenoxy) is 3. The fraction of sp³-hybridized carbons (Fsp3) is 0.650. The van der Waals surface area contributed by atoms with Crippen molar-refractivity contribution in [2.75, 3.05) is 0 Å². The number of aromatic nitrogens is 2. The molecule has 1 aromatic heterocycles. The monoisotopic (exact) mass is 392 g/mol. The van der Waals surface area contributed by atoms with Gasteiger partial charge in [0.15, 0.2) is 0 Å². The van der Waals surface area contributed by atoms with Gasteiger partial charge >= 0.3 is 5.97 Å². The highest BCUT2D eigenvalue weighted by Gasteiger charge is 2.45. The van der Waals surface area contributed by atoms with Gasteiger partial charge in [0.2, 0.25) is 0 Å². The Morgan fingerprint density at radius 1 is 1.22 bits per heavy atom. The third-order valence-corrected chi connectivity index (χ3v) is 5.29. The molecule has 0 amide bonds. The van der Waals surface area contributed by atoms with Crippen LogP contribution in [0.2, 0.25) is 0 Å². The fourth-order valence-corrected chi connectivity index (χ4v) is 3.62. The Balaban J connectivity index is 1.60. The average Bonchev–Trinajstić information content (AvgIpc) is 3.19. The number of nitrogens with zero attached hydrogens (tertiary/aromatic N) is 2. The van der Waals surface area contributed by atoms with Gasteiger partial charge in [0, 0.05) is 18.5 Å². The Morgan fingerprint density at radius 3 is 2.70 bits per heavy atom. The molecule has 0 aliphatic carbocycles. The molecule has 4 atom stereocenters. The second kappa shape index (κ2) is 9.99. The number of carbonyl (C=O) groups excluding carboxylic acids is 1. The van der Waals surface area contributed by atoms with Crippen LogP contribution in [-0.2, 0) is 19.0 Å². The summed E-state index contributed by atoms with van der Waals surface area (Å²) in [7, 11) is 0. The van der Waals surface area contributed by atoms with Crippen molar-refractivity contribution in [3.8, 4) is 0 Å². The van der Waals surface area contributed by atoms with Crippen LogP contribution in [0.5, 0.6) is 0 Å². The Hall–Kier alpha value is -1.73. The number of thiocarbonyl (C=S) groups is 1.